The summed E-state index contributed by atoms with van der Waals surface area (Å²) >= 11 is 0. The van der Waals surface area contributed by atoms with Crippen molar-refractivity contribution in [3.63, 3.8) is 0 Å². The second-order valence-electron chi connectivity index (χ2n) is 5.69. The molecule has 0 bridgehead atoms. The van der Waals surface area contributed by atoms with E-state index in [-0.39, 0.29) is 23.7 Å². The van der Waals surface area contributed by atoms with Crippen molar-refractivity contribution in [3.05, 3.63) is 30.1 Å². The summed E-state index contributed by atoms with van der Waals surface area (Å²) in [6, 6.07) is 5.43. The fourth-order valence-corrected chi connectivity index (χ4v) is 2.32. The van der Waals surface area contributed by atoms with Gasteiger partial charge in [0.15, 0.2) is 0 Å². The van der Waals surface area contributed by atoms with Crippen LogP contribution in [0.25, 0.3) is 0 Å². The average Bonchev–Trinajstić information content (AvgIpc) is 2.47. The molecule has 5 heteroatoms. The van der Waals surface area contributed by atoms with Crippen LogP contribution >= 0.6 is 0 Å². The molecule has 1 fully saturated rings. The summed E-state index contributed by atoms with van der Waals surface area (Å²) in [5, 5.41) is 12.3. The van der Waals surface area contributed by atoms with Gasteiger partial charge in [0, 0.05) is 18.8 Å². The molecule has 0 saturated carbocycles. The summed E-state index contributed by atoms with van der Waals surface area (Å²) < 4.78 is 13.4. The topological polar surface area (TPSA) is 52.6 Å². The SMILES string of the molecule is CC1(C)CNC(=O)C(CO)N(c2cccc(F)c2)C1. The zero-order chi connectivity index (χ0) is 14.0. The standard InChI is InChI=1S/C14H19FN2O2/c1-14(2)8-16-13(19)12(7-18)17(9-14)11-5-3-4-10(15)6-11/h3-6,12,18H,7-9H2,1-2H3,(H,16,19). The largest absolute Gasteiger partial charge is 0.394 e. The second-order valence-corrected chi connectivity index (χ2v) is 5.69. The molecular formula is C14H19FN2O2. The first-order valence-corrected chi connectivity index (χ1v) is 6.34. The van der Waals surface area contributed by atoms with E-state index in [0.29, 0.717) is 18.8 Å². The summed E-state index contributed by atoms with van der Waals surface area (Å²) in [6.07, 6.45) is 0. The van der Waals surface area contributed by atoms with Crippen molar-refractivity contribution < 1.29 is 14.3 Å². The molecular weight excluding hydrogens is 247 g/mol. The first kappa shape index (κ1) is 13.8. The van der Waals surface area contributed by atoms with Gasteiger partial charge in [-0.3, -0.25) is 4.79 Å². The first-order valence-electron chi connectivity index (χ1n) is 6.34. The molecule has 0 aromatic heterocycles. The smallest absolute Gasteiger partial charge is 0.245 e. The van der Waals surface area contributed by atoms with E-state index < -0.39 is 6.04 Å². The number of hydrogen-bond acceptors (Lipinski definition) is 3. The highest BCUT2D eigenvalue weighted by atomic mass is 19.1. The Bertz CT molecular complexity index is 476. The molecule has 0 radical (unpaired) electrons. The number of aliphatic hydroxyl groups is 1. The van der Waals surface area contributed by atoms with Crippen molar-refractivity contribution in [1.29, 1.82) is 0 Å². The van der Waals surface area contributed by atoms with E-state index in [0.717, 1.165) is 0 Å². The van der Waals surface area contributed by atoms with Crippen LogP contribution in [-0.2, 0) is 4.79 Å². The molecule has 2 N–H and O–H groups in total. The van der Waals surface area contributed by atoms with Gasteiger partial charge in [0.1, 0.15) is 11.9 Å². The minimum absolute atomic E-state index is 0.147. The third-order valence-corrected chi connectivity index (χ3v) is 3.33. The molecule has 1 aliphatic heterocycles. The zero-order valence-corrected chi connectivity index (χ0v) is 11.2. The van der Waals surface area contributed by atoms with Gasteiger partial charge in [-0.05, 0) is 23.6 Å². The molecule has 1 atom stereocenters. The maximum atomic E-state index is 13.4. The number of carbonyl (C=O) groups is 1. The number of aliphatic hydroxyl groups excluding tert-OH is 1. The van der Waals surface area contributed by atoms with E-state index >= 15 is 0 Å². The minimum Gasteiger partial charge on any atom is -0.394 e. The molecule has 1 saturated heterocycles. The van der Waals surface area contributed by atoms with E-state index in [1.165, 1.54) is 12.1 Å². The van der Waals surface area contributed by atoms with Crippen LogP contribution in [0, 0.1) is 11.2 Å². The Hall–Kier alpha value is -1.62. The van der Waals surface area contributed by atoms with Crippen LogP contribution in [0.15, 0.2) is 24.3 Å². The van der Waals surface area contributed by atoms with Gasteiger partial charge >= 0.3 is 0 Å². The van der Waals surface area contributed by atoms with Gasteiger partial charge in [-0.15, -0.1) is 0 Å². The second kappa shape index (κ2) is 5.17. The number of carbonyl (C=O) groups excluding carboxylic acids is 1. The molecule has 1 amide bonds. The minimum atomic E-state index is -0.677. The van der Waals surface area contributed by atoms with Gasteiger partial charge < -0.3 is 15.3 Å². The molecule has 4 nitrogen and oxygen atoms in total. The van der Waals surface area contributed by atoms with E-state index in [1.807, 2.05) is 13.8 Å². The molecule has 1 unspecified atom stereocenters. The Balaban J connectivity index is 2.39. The maximum absolute atomic E-state index is 13.4. The molecule has 1 heterocycles. The Morgan fingerprint density at radius 3 is 2.89 bits per heavy atom. The van der Waals surface area contributed by atoms with Gasteiger partial charge in [0.2, 0.25) is 5.91 Å². The molecule has 2 rings (SSSR count). The number of amides is 1. The number of anilines is 1. The monoisotopic (exact) mass is 266 g/mol. The quantitative estimate of drug-likeness (QED) is 0.844. The number of halogens is 1. The van der Waals surface area contributed by atoms with Gasteiger partial charge in [-0.1, -0.05) is 19.9 Å². The average molecular weight is 266 g/mol. The van der Waals surface area contributed by atoms with Crippen molar-refractivity contribution in [2.75, 3.05) is 24.6 Å². The highest BCUT2D eigenvalue weighted by molar-refractivity contribution is 5.86. The number of benzene rings is 1. The molecule has 1 aromatic rings. The molecule has 0 aliphatic carbocycles. The molecule has 104 valence electrons. The number of nitrogens with zero attached hydrogens (tertiary/aromatic N) is 1. The predicted molar refractivity (Wildman–Crippen MR) is 71.4 cm³/mol. The van der Waals surface area contributed by atoms with Crippen molar-refractivity contribution in [3.8, 4) is 0 Å². The lowest BCUT2D eigenvalue weighted by molar-refractivity contribution is -0.122. The molecule has 0 spiro atoms. The van der Waals surface area contributed by atoms with E-state index in [4.69, 9.17) is 0 Å². The summed E-state index contributed by atoms with van der Waals surface area (Å²) in [4.78, 5) is 13.8. The van der Waals surface area contributed by atoms with Crippen molar-refractivity contribution >= 4 is 11.6 Å². The molecule has 1 aromatic carbocycles. The van der Waals surface area contributed by atoms with Gasteiger partial charge in [-0.2, -0.15) is 0 Å². The van der Waals surface area contributed by atoms with Crippen LogP contribution in [0.5, 0.6) is 0 Å². The lowest BCUT2D eigenvalue weighted by atomic mass is 9.93. The van der Waals surface area contributed by atoms with Crippen LogP contribution in [0.1, 0.15) is 13.8 Å². The van der Waals surface area contributed by atoms with Gasteiger partial charge in [0.25, 0.3) is 0 Å². The highest BCUT2D eigenvalue weighted by Gasteiger charge is 2.35. The maximum Gasteiger partial charge on any atom is 0.245 e. The molecule has 19 heavy (non-hydrogen) atoms. The third-order valence-electron chi connectivity index (χ3n) is 3.33. The highest BCUT2D eigenvalue weighted by Crippen LogP contribution is 2.26. The summed E-state index contributed by atoms with van der Waals surface area (Å²) in [6.45, 7) is 4.87. The Labute approximate surface area is 112 Å². The third kappa shape index (κ3) is 3.04. The van der Waals surface area contributed by atoms with Crippen molar-refractivity contribution in [2.24, 2.45) is 5.41 Å². The fraction of sp³-hybridized carbons (Fsp3) is 0.500. The zero-order valence-electron chi connectivity index (χ0n) is 11.2. The summed E-state index contributed by atoms with van der Waals surface area (Å²) in [5.74, 6) is -0.575. The summed E-state index contributed by atoms with van der Waals surface area (Å²) in [5.41, 5.74) is 0.468. The number of rotatable bonds is 2. The first-order chi connectivity index (χ1) is 8.93. The van der Waals surface area contributed by atoms with E-state index in [1.54, 1.807) is 17.0 Å². The van der Waals surface area contributed by atoms with Crippen LogP contribution in [0.3, 0.4) is 0 Å². The number of hydrogen-bond donors (Lipinski definition) is 2. The predicted octanol–water partition coefficient (Wildman–Crippen LogP) is 1.15. The van der Waals surface area contributed by atoms with Crippen LogP contribution in [-0.4, -0.2) is 36.8 Å². The molecule has 1 aliphatic rings. The lowest BCUT2D eigenvalue weighted by Crippen LogP contribution is -2.47. The van der Waals surface area contributed by atoms with Crippen molar-refractivity contribution in [1.82, 2.24) is 5.32 Å². The number of nitrogens with one attached hydrogen (secondary N) is 1. The van der Waals surface area contributed by atoms with Crippen molar-refractivity contribution in [2.45, 2.75) is 19.9 Å². The van der Waals surface area contributed by atoms with E-state index in [9.17, 15) is 14.3 Å². The van der Waals surface area contributed by atoms with Crippen LogP contribution in [0.2, 0.25) is 0 Å². The van der Waals surface area contributed by atoms with Gasteiger partial charge in [-0.25, -0.2) is 4.39 Å². The van der Waals surface area contributed by atoms with Crippen LogP contribution in [0.4, 0.5) is 10.1 Å². The van der Waals surface area contributed by atoms with E-state index in [2.05, 4.69) is 5.32 Å². The summed E-state index contributed by atoms with van der Waals surface area (Å²) in [7, 11) is 0. The Morgan fingerprint density at radius 1 is 1.53 bits per heavy atom. The Morgan fingerprint density at radius 2 is 2.26 bits per heavy atom. The normalized spacial score (nSPS) is 22.8. The Kier molecular flexibility index (Phi) is 3.75. The fourth-order valence-electron chi connectivity index (χ4n) is 2.32. The van der Waals surface area contributed by atoms with Crippen LogP contribution < -0.4 is 10.2 Å². The van der Waals surface area contributed by atoms with Gasteiger partial charge in [0.05, 0.1) is 6.61 Å². The lowest BCUT2D eigenvalue weighted by Gasteiger charge is -2.33.